The van der Waals surface area contributed by atoms with E-state index in [0.29, 0.717) is 0 Å². The van der Waals surface area contributed by atoms with E-state index in [4.69, 9.17) is 5.11 Å². The Morgan fingerprint density at radius 1 is 1.57 bits per heavy atom. The molecule has 1 saturated heterocycles. The number of aliphatic hydroxyl groups excluding tert-OH is 1. The summed E-state index contributed by atoms with van der Waals surface area (Å²) in [6.45, 7) is 0. The van der Waals surface area contributed by atoms with Crippen LogP contribution >= 0.6 is 0 Å². The van der Waals surface area contributed by atoms with E-state index in [1.54, 1.807) is 0 Å². The van der Waals surface area contributed by atoms with E-state index in [0.717, 1.165) is 0 Å². The number of esters is 1. The summed E-state index contributed by atoms with van der Waals surface area (Å²) in [5.74, 6) is -1.81. The summed E-state index contributed by atoms with van der Waals surface area (Å²) in [6.07, 6.45) is -1.48. The molecule has 1 aliphatic rings. The van der Waals surface area contributed by atoms with E-state index >= 15 is 0 Å². The zero-order valence-electron chi connectivity index (χ0n) is 3.25. The minimum Gasteiger partial charge on any atom is -0.422 e. The molecule has 1 heterocycles. The number of aliphatic hydroxyl groups is 1. The first kappa shape index (κ1) is 4.26. The number of hydrogen-bond acceptors (Lipinski definition) is 4. The maximum absolute atomic E-state index is 9.84. The molecule has 7 heavy (non-hydrogen) atoms. The second-order valence-electron chi connectivity index (χ2n) is 1.12. The highest BCUT2D eigenvalue weighted by atomic mass is 16.7. The minimum atomic E-state index is -1.48. The van der Waals surface area contributed by atoms with Crippen LogP contribution in [0, 0.1) is 0 Å². The highest BCUT2D eigenvalue weighted by Crippen LogP contribution is 2.02. The van der Waals surface area contributed by atoms with Crippen molar-refractivity contribution in [3.05, 3.63) is 0 Å². The number of hydrogen-bond donors (Lipinski definition) is 1. The molecule has 0 aliphatic carbocycles. The van der Waals surface area contributed by atoms with Gasteiger partial charge >= 0.3 is 11.8 Å². The molecule has 1 N–H and O–H groups in total. The predicted molar refractivity (Wildman–Crippen MR) is 17.1 cm³/mol. The fraction of sp³-hybridized carbons (Fsp3) is 0.333. The second-order valence-corrected chi connectivity index (χ2v) is 1.12. The molecule has 0 bridgehead atoms. The summed E-state index contributed by atoms with van der Waals surface area (Å²) in [5, 5.41) is 8.09. The van der Waals surface area contributed by atoms with Crippen molar-refractivity contribution in [1.82, 2.24) is 0 Å². The van der Waals surface area contributed by atoms with E-state index in [1.165, 1.54) is 0 Å². The molecule has 38 valence electrons. The Morgan fingerprint density at radius 3 is 2.14 bits per heavy atom. The van der Waals surface area contributed by atoms with Gasteiger partial charge < -0.3 is 9.84 Å². The van der Waals surface area contributed by atoms with Gasteiger partial charge in [-0.25, -0.2) is 4.79 Å². The Labute approximate surface area is 38.7 Å². The molecular formula is C3H2O4. The molecule has 0 saturated carbocycles. The van der Waals surface area contributed by atoms with E-state index in [1.807, 2.05) is 0 Å². The molecule has 0 spiro atoms. The quantitative estimate of drug-likeness (QED) is 0.296. The molecule has 1 aliphatic heterocycles. The van der Waals surface area contributed by atoms with Crippen LogP contribution in [-0.4, -0.2) is 23.1 Å². The van der Waals surface area contributed by atoms with Gasteiger partial charge in [-0.1, -0.05) is 0 Å². The van der Waals surface area contributed by atoms with Gasteiger partial charge in [-0.3, -0.25) is 4.79 Å². The molecule has 4 nitrogen and oxygen atoms in total. The lowest BCUT2D eigenvalue weighted by atomic mass is 10.3. The molecule has 0 aromatic rings. The topological polar surface area (TPSA) is 63.6 Å². The van der Waals surface area contributed by atoms with Crippen LogP contribution in [0.4, 0.5) is 0 Å². The van der Waals surface area contributed by atoms with Crippen LogP contribution in [0.15, 0.2) is 0 Å². The highest BCUT2D eigenvalue weighted by molar-refractivity contribution is 6.40. The van der Waals surface area contributed by atoms with Crippen molar-refractivity contribution in [2.24, 2.45) is 0 Å². The molecule has 4 heteroatoms. The van der Waals surface area contributed by atoms with Gasteiger partial charge in [0.15, 0.2) is 0 Å². The third kappa shape index (κ3) is 0.398. The van der Waals surface area contributed by atoms with Crippen LogP contribution in [0.1, 0.15) is 0 Å². The number of ether oxygens (including phenoxy) is 1. The molecule has 0 aromatic heterocycles. The van der Waals surface area contributed by atoms with Gasteiger partial charge in [-0.05, 0) is 0 Å². The second kappa shape index (κ2) is 1.04. The van der Waals surface area contributed by atoms with E-state index in [-0.39, 0.29) is 0 Å². The lowest BCUT2D eigenvalue weighted by Gasteiger charge is -2.16. The number of cyclic esters (lactones) is 1. The van der Waals surface area contributed by atoms with Gasteiger partial charge in [0.05, 0.1) is 0 Å². The van der Waals surface area contributed by atoms with Crippen LogP contribution in [-0.2, 0) is 14.3 Å². The number of carbonyl (C=O) groups is 2. The molecule has 1 rings (SSSR count). The van der Waals surface area contributed by atoms with Gasteiger partial charge in [0, 0.05) is 0 Å². The van der Waals surface area contributed by atoms with Gasteiger partial charge in [0.1, 0.15) is 0 Å². The molecule has 0 radical (unpaired) electrons. The summed E-state index contributed by atoms with van der Waals surface area (Å²) in [4.78, 5) is 19.5. The average Bonchev–Trinajstić information content (AvgIpc) is 1.68. The first-order valence-corrected chi connectivity index (χ1v) is 1.64. The molecule has 1 atom stereocenters. The average molecular weight is 102 g/mol. The zero-order chi connectivity index (χ0) is 5.44. The predicted octanol–water partition coefficient (Wildman–Crippen LogP) is -1.57. The largest absolute Gasteiger partial charge is 0.422 e. The monoisotopic (exact) mass is 102 g/mol. The van der Waals surface area contributed by atoms with Gasteiger partial charge in [-0.15, -0.1) is 0 Å². The lowest BCUT2D eigenvalue weighted by molar-refractivity contribution is -0.202. The zero-order valence-corrected chi connectivity index (χ0v) is 3.25. The van der Waals surface area contributed by atoms with Crippen molar-refractivity contribution in [1.29, 1.82) is 0 Å². The number of carbonyl (C=O) groups excluding carboxylic acids is 2. The highest BCUT2D eigenvalue weighted by Gasteiger charge is 2.38. The molecule has 1 fully saturated rings. The first-order chi connectivity index (χ1) is 3.22. The van der Waals surface area contributed by atoms with E-state index in [9.17, 15) is 9.59 Å². The van der Waals surface area contributed by atoms with Crippen LogP contribution in [0.5, 0.6) is 0 Å². The van der Waals surface area contributed by atoms with E-state index < -0.39 is 18.0 Å². The maximum atomic E-state index is 9.84. The fourth-order valence-corrected chi connectivity index (χ4v) is 0.256. The van der Waals surface area contributed by atoms with E-state index in [2.05, 4.69) is 4.74 Å². The molecule has 1 unspecified atom stereocenters. The Kier molecular flexibility index (Phi) is 0.631. The SMILES string of the molecule is O=C1OC(O)C1=O. The number of Topliss-reactive ketones (excluding diaryl/α,β-unsaturated/α-hetero) is 1. The first-order valence-electron chi connectivity index (χ1n) is 1.64. The Balaban J connectivity index is 2.60. The summed E-state index contributed by atoms with van der Waals surface area (Å²) in [6, 6.07) is 0. The Bertz CT molecular complexity index is 127. The van der Waals surface area contributed by atoms with Crippen LogP contribution < -0.4 is 0 Å². The van der Waals surface area contributed by atoms with Crippen molar-refractivity contribution >= 4 is 11.8 Å². The Morgan fingerprint density at radius 2 is 2.14 bits per heavy atom. The minimum absolute atomic E-state index is 0.861. The van der Waals surface area contributed by atoms with Gasteiger partial charge in [0.2, 0.25) is 0 Å². The van der Waals surface area contributed by atoms with Crippen LogP contribution in [0.3, 0.4) is 0 Å². The van der Waals surface area contributed by atoms with Crippen molar-refractivity contribution < 1.29 is 19.4 Å². The molecule has 0 amide bonds. The maximum Gasteiger partial charge on any atom is 0.384 e. The van der Waals surface area contributed by atoms with Crippen LogP contribution in [0.25, 0.3) is 0 Å². The van der Waals surface area contributed by atoms with Crippen molar-refractivity contribution in [2.75, 3.05) is 0 Å². The summed E-state index contributed by atoms with van der Waals surface area (Å²) < 4.78 is 3.82. The van der Waals surface area contributed by atoms with Crippen LogP contribution in [0.2, 0.25) is 0 Å². The normalized spacial score (nSPS) is 29.0. The number of ketones is 1. The van der Waals surface area contributed by atoms with Gasteiger partial charge in [0.25, 0.3) is 6.29 Å². The Hall–Kier alpha value is -0.900. The van der Waals surface area contributed by atoms with Crippen molar-refractivity contribution in [2.45, 2.75) is 6.29 Å². The lowest BCUT2D eigenvalue weighted by Crippen LogP contribution is -2.45. The van der Waals surface area contributed by atoms with Crippen molar-refractivity contribution in [3.63, 3.8) is 0 Å². The van der Waals surface area contributed by atoms with Gasteiger partial charge in [-0.2, -0.15) is 0 Å². The smallest absolute Gasteiger partial charge is 0.384 e. The molecule has 0 aromatic carbocycles. The third-order valence-electron chi connectivity index (χ3n) is 0.644. The third-order valence-corrected chi connectivity index (χ3v) is 0.644. The number of rotatable bonds is 0. The molecular weight excluding hydrogens is 100 g/mol. The summed E-state index contributed by atoms with van der Waals surface area (Å²) >= 11 is 0. The summed E-state index contributed by atoms with van der Waals surface area (Å²) in [5.41, 5.74) is 0. The standard InChI is InChI=1S/C3H2O4/c4-1-2(5)7-3(1)6/h2,5H. The summed E-state index contributed by atoms with van der Waals surface area (Å²) in [7, 11) is 0. The fourth-order valence-electron chi connectivity index (χ4n) is 0.256. The van der Waals surface area contributed by atoms with Crippen molar-refractivity contribution in [3.8, 4) is 0 Å².